The number of hydrogen-bond acceptors (Lipinski definition) is 2. The average Bonchev–Trinajstić information content (AvgIpc) is 2.34. The zero-order chi connectivity index (χ0) is 14.7. The minimum atomic E-state index is -0.288. The summed E-state index contributed by atoms with van der Waals surface area (Å²) in [5, 5.41) is 0. The van der Waals surface area contributed by atoms with E-state index in [1.165, 1.54) is 38.9 Å². The first-order valence-corrected chi connectivity index (χ1v) is 7.38. The zero-order valence-electron chi connectivity index (χ0n) is 13.2. The molecule has 110 valence electrons. The van der Waals surface area contributed by atoms with Gasteiger partial charge in [0.2, 0.25) is 0 Å². The van der Waals surface area contributed by atoms with E-state index < -0.39 is 0 Å². The molecule has 2 nitrogen and oxygen atoms in total. The van der Waals surface area contributed by atoms with Crippen molar-refractivity contribution in [3.8, 4) is 0 Å². The van der Waals surface area contributed by atoms with Crippen molar-refractivity contribution < 1.29 is 9.53 Å². The Morgan fingerprint density at radius 2 is 1.84 bits per heavy atom. The third-order valence-electron chi connectivity index (χ3n) is 3.23. The highest BCUT2D eigenvalue weighted by Gasteiger charge is 2.02. The molecule has 0 aliphatic rings. The second kappa shape index (κ2) is 10.8. The summed E-state index contributed by atoms with van der Waals surface area (Å²) in [7, 11) is 1.40. The molecule has 0 N–H and O–H groups in total. The van der Waals surface area contributed by atoms with E-state index in [2.05, 4.69) is 31.6 Å². The second-order valence-corrected chi connectivity index (χ2v) is 5.82. The van der Waals surface area contributed by atoms with Crippen LogP contribution >= 0.6 is 0 Å². The Morgan fingerprint density at radius 3 is 2.42 bits per heavy atom. The Bertz CT molecular complexity index is 300. The molecule has 1 atom stereocenters. The Kier molecular flexibility index (Phi) is 10.2. The molecule has 0 saturated heterocycles. The number of esters is 1. The predicted octanol–water partition coefficient (Wildman–Crippen LogP) is 4.90. The molecule has 0 aromatic rings. The first-order valence-electron chi connectivity index (χ1n) is 7.38. The summed E-state index contributed by atoms with van der Waals surface area (Å²) >= 11 is 0. The molecule has 0 aliphatic carbocycles. The van der Waals surface area contributed by atoms with Gasteiger partial charge in [0.15, 0.2) is 0 Å². The molecule has 1 unspecified atom stereocenters. The Labute approximate surface area is 118 Å². The maximum absolute atomic E-state index is 11.0. The van der Waals surface area contributed by atoms with Gasteiger partial charge in [-0.05, 0) is 37.2 Å². The van der Waals surface area contributed by atoms with E-state index in [0.717, 1.165) is 23.8 Å². The van der Waals surface area contributed by atoms with Gasteiger partial charge in [0.1, 0.15) is 0 Å². The molecule has 0 aromatic carbocycles. The van der Waals surface area contributed by atoms with Gasteiger partial charge >= 0.3 is 5.97 Å². The molecule has 0 heterocycles. The number of hydrogen-bond donors (Lipinski definition) is 0. The highest BCUT2D eigenvalue weighted by Crippen LogP contribution is 2.16. The molecule has 0 bridgehead atoms. The predicted molar refractivity (Wildman–Crippen MR) is 82.0 cm³/mol. The van der Waals surface area contributed by atoms with Crippen LogP contribution in [-0.2, 0) is 9.53 Å². The second-order valence-electron chi connectivity index (χ2n) is 5.82. The molecule has 0 radical (unpaired) electrons. The summed E-state index contributed by atoms with van der Waals surface area (Å²) in [6.07, 6.45) is 12.0. The minimum absolute atomic E-state index is 0.288. The quantitative estimate of drug-likeness (QED) is 0.337. The van der Waals surface area contributed by atoms with E-state index in [9.17, 15) is 4.79 Å². The van der Waals surface area contributed by atoms with Crippen LogP contribution in [0.2, 0.25) is 0 Å². The highest BCUT2D eigenvalue weighted by molar-refractivity contribution is 5.83. The molecule has 0 aliphatic heterocycles. The summed E-state index contributed by atoms with van der Waals surface area (Å²) in [4.78, 5) is 11.0. The number of allylic oxidation sites excluding steroid dienone is 3. The lowest BCUT2D eigenvalue weighted by atomic mass is 9.96. The summed E-state index contributed by atoms with van der Waals surface area (Å²) in [5.74, 6) is 1.32. The van der Waals surface area contributed by atoms with Crippen LogP contribution in [0.15, 0.2) is 23.8 Å². The summed E-state index contributed by atoms with van der Waals surface area (Å²) in [5.41, 5.74) is 0.944. The lowest BCUT2D eigenvalue weighted by Gasteiger charge is -2.10. The van der Waals surface area contributed by atoms with E-state index in [1.54, 1.807) is 0 Å². The third-order valence-corrected chi connectivity index (χ3v) is 3.23. The molecule has 0 rings (SSSR count). The minimum Gasteiger partial charge on any atom is -0.466 e. The maximum atomic E-state index is 11.0. The van der Waals surface area contributed by atoms with Crippen molar-refractivity contribution in [2.75, 3.05) is 7.11 Å². The number of rotatable bonds is 9. The molecular formula is C17H30O2. The fourth-order valence-corrected chi connectivity index (χ4v) is 1.96. The largest absolute Gasteiger partial charge is 0.466 e. The van der Waals surface area contributed by atoms with Crippen LogP contribution in [0, 0.1) is 11.8 Å². The molecular weight excluding hydrogens is 236 g/mol. The van der Waals surface area contributed by atoms with Gasteiger partial charge in [-0.25, -0.2) is 4.79 Å². The third kappa shape index (κ3) is 11.8. The van der Waals surface area contributed by atoms with Crippen LogP contribution in [0.25, 0.3) is 0 Å². The fourth-order valence-electron chi connectivity index (χ4n) is 1.96. The SMILES string of the molecule is COC(=O)C=C(C)C=CCCC(C)CCCC(C)C. The number of methoxy groups -OCH3 is 1. The molecule has 0 spiro atoms. The molecule has 0 saturated carbocycles. The maximum Gasteiger partial charge on any atom is 0.330 e. The molecule has 0 amide bonds. The van der Waals surface area contributed by atoms with Crippen molar-refractivity contribution in [1.82, 2.24) is 0 Å². The van der Waals surface area contributed by atoms with E-state index in [1.807, 2.05) is 13.0 Å². The number of ether oxygens (including phenoxy) is 1. The molecule has 0 aromatic heterocycles. The van der Waals surface area contributed by atoms with Crippen LogP contribution in [0.3, 0.4) is 0 Å². The monoisotopic (exact) mass is 266 g/mol. The zero-order valence-corrected chi connectivity index (χ0v) is 13.2. The average molecular weight is 266 g/mol. The van der Waals surface area contributed by atoms with Crippen molar-refractivity contribution in [2.24, 2.45) is 11.8 Å². The van der Waals surface area contributed by atoms with Gasteiger partial charge < -0.3 is 4.74 Å². The Hall–Kier alpha value is -1.05. The van der Waals surface area contributed by atoms with Gasteiger partial charge in [0.25, 0.3) is 0 Å². The van der Waals surface area contributed by atoms with Crippen molar-refractivity contribution in [3.63, 3.8) is 0 Å². The van der Waals surface area contributed by atoms with Crippen molar-refractivity contribution in [2.45, 2.75) is 59.8 Å². The number of carbonyl (C=O) groups excluding carboxylic acids is 1. The highest BCUT2D eigenvalue weighted by atomic mass is 16.5. The van der Waals surface area contributed by atoms with Crippen LogP contribution in [0.5, 0.6) is 0 Å². The smallest absolute Gasteiger partial charge is 0.330 e. The van der Waals surface area contributed by atoms with Crippen LogP contribution in [0.1, 0.15) is 59.8 Å². The van der Waals surface area contributed by atoms with Gasteiger partial charge in [-0.1, -0.05) is 52.2 Å². The summed E-state index contributed by atoms with van der Waals surface area (Å²) in [6.45, 7) is 8.80. The normalized spacial score (nSPS) is 14.1. The van der Waals surface area contributed by atoms with Crippen molar-refractivity contribution in [1.29, 1.82) is 0 Å². The first-order chi connectivity index (χ1) is 8.95. The van der Waals surface area contributed by atoms with Gasteiger partial charge in [-0.2, -0.15) is 0 Å². The van der Waals surface area contributed by atoms with Crippen LogP contribution in [0.4, 0.5) is 0 Å². The van der Waals surface area contributed by atoms with E-state index in [-0.39, 0.29) is 5.97 Å². The molecule has 2 heteroatoms. The topological polar surface area (TPSA) is 26.3 Å². The van der Waals surface area contributed by atoms with Crippen molar-refractivity contribution >= 4 is 5.97 Å². The van der Waals surface area contributed by atoms with E-state index in [0.29, 0.717) is 0 Å². The fraction of sp³-hybridized carbons (Fsp3) is 0.706. The van der Waals surface area contributed by atoms with Crippen molar-refractivity contribution in [3.05, 3.63) is 23.8 Å². The lowest BCUT2D eigenvalue weighted by molar-refractivity contribution is -0.134. The Balaban J connectivity index is 3.77. The van der Waals surface area contributed by atoms with Crippen LogP contribution < -0.4 is 0 Å². The number of carbonyl (C=O) groups is 1. The van der Waals surface area contributed by atoms with Gasteiger partial charge in [-0.3, -0.25) is 0 Å². The summed E-state index contributed by atoms with van der Waals surface area (Å²) < 4.78 is 4.58. The van der Waals surface area contributed by atoms with E-state index >= 15 is 0 Å². The Morgan fingerprint density at radius 1 is 1.16 bits per heavy atom. The van der Waals surface area contributed by atoms with Gasteiger partial charge in [0, 0.05) is 6.08 Å². The van der Waals surface area contributed by atoms with Crippen LogP contribution in [-0.4, -0.2) is 13.1 Å². The standard InChI is InChI=1S/C17H30O2/c1-14(2)9-8-12-15(3)10-6-7-11-16(4)13-17(18)19-5/h7,11,13-15H,6,8-10,12H2,1-5H3. The van der Waals surface area contributed by atoms with Gasteiger partial charge in [0.05, 0.1) is 7.11 Å². The van der Waals surface area contributed by atoms with E-state index in [4.69, 9.17) is 0 Å². The first kappa shape index (κ1) is 17.9. The summed E-state index contributed by atoms with van der Waals surface area (Å²) in [6, 6.07) is 0. The lowest BCUT2D eigenvalue weighted by Crippen LogP contribution is -1.96. The molecule has 19 heavy (non-hydrogen) atoms. The molecule has 0 fully saturated rings. The van der Waals surface area contributed by atoms with Gasteiger partial charge in [-0.15, -0.1) is 0 Å².